The molecule has 30 heavy (non-hydrogen) atoms. The fourth-order valence-electron chi connectivity index (χ4n) is 3.50. The summed E-state index contributed by atoms with van der Waals surface area (Å²) in [6.07, 6.45) is 1.76. The zero-order valence-corrected chi connectivity index (χ0v) is 16.9. The van der Waals surface area contributed by atoms with Gasteiger partial charge in [-0.1, -0.05) is 12.1 Å². The van der Waals surface area contributed by atoms with Crippen molar-refractivity contribution in [3.63, 3.8) is 0 Å². The van der Waals surface area contributed by atoms with Crippen molar-refractivity contribution in [1.82, 2.24) is 9.55 Å². The number of aryl methyl sites for hydroxylation is 1. The van der Waals surface area contributed by atoms with Gasteiger partial charge in [0.05, 0.1) is 37.4 Å². The standard InChI is InChI=1S/C22H21N3O5/c1-14-5-4-6-15(9-14)24-12-23-18-10-16(7-8-19(18)24)25-13-30-11-17(21(26)28-2)20(25)22(27)29-3/h4-10,12H,11,13H2,1-3H3. The van der Waals surface area contributed by atoms with Crippen LogP contribution in [0.25, 0.3) is 16.7 Å². The van der Waals surface area contributed by atoms with Gasteiger partial charge in [-0.05, 0) is 42.8 Å². The lowest BCUT2D eigenvalue weighted by molar-refractivity contribution is -0.140. The second kappa shape index (κ2) is 8.00. The van der Waals surface area contributed by atoms with Crippen LogP contribution in [-0.4, -0.2) is 49.0 Å². The lowest BCUT2D eigenvalue weighted by atomic mass is 10.1. The molecular weight excluding hydrogens is 386 g/mol. The average Bonchev–Trinajstić information content (AvgIpc) is 3.20. The number of esters is 2. The first-order valence-electron chi connectivity index (χ1n) is 9.32. The van der Waals surface area contributed by atoms with Crippen molar-refractivity contribution in [2.45, 2.75) is 6.92 Å². The molecule has 0 saturated carbocycles. The molecule has 8 nitrogen and oxygen atoms in total. The van der Waals surface area contributed by atoms with Gasteiger partial charge < -0.3 is 19.1 Å². The van der Waals surface area contributed by atoms with E-state index in [1.807, 2.05) is 47.9 Å². The van der Waals surface area contributed by atoms with E-state index in [0.717, 1.165) is 22.3 Å². The number of carbonyl (C=O) groups excluding carboxylic acids is 2. The third kappa shape index (κ3) is 3.42. The van der Waals surface area contributed by atoms with Crippen molar-refractivity contribution < 1.29 is 23.8 Å². The summed E-state index contributed by atoms with van der Waals surface area (Å²) in [7, 11) is 2.53. The number of benzene rings is 2. The minimum Gasteiger partial charge on any atom is -0.466 e. The molecule has 0 aliphatic carbocycles. The topological polar surface area (TPSA) is 82.9 Å². The van der Waals surface area contributed by atoms with E-state index in [4.69, 9.17) is 14.2 Å². The minimum absolute atomic E-state index is 0.0299. The van der Waals surface area contributed by atoms with E-state index in [0.29, 0.717) is 5.69 Å². The molecule has 0 spiro atoms. The minimum atomic E-state index is -0.635. The molecule has 0 N–H and O–H groups in total. The van der Waals surface area contributed by atoms with E-state index in [-0.39, 0.29) is 24.6 Å². The van der Waals surface area contributed by atoms with Crippen LogP contribution in [0.5, 0.6) is 0 Å². The second-order valence-corrected chi connectivity index (χ2v) is 6.84. The predicted octanol–water partition coefficient (Wildman–Crippen LogP) is 2.73. The molecule has 0 bridgehead atoms. The van der Waals surface area contributed by atoms with Crippen LogP contribution in [0.3, 0.4) is 0 Å². The van der Waals surface area contributed by atoms with Gasteiger partial charge in [-0.3, -0.25) is 4.57 Å². The van der Waals surface area contributed by atoms with Gasteiger partial charge in [0.15, 0.2) is 0 Å². The van der Waals surface area contributed by atoms with Gasteiger partial charge in [-0.15, -0.1) is 0 Å². The predicted molar refractivity (Wildman–Crippen MR) is 110 cm³/mol. The normalized spacial score (nSPS) is 14.2. The summed E-state index contributed by atoms with van der Waals surface area (Å²) in [5, 5.41) is 0. The maximum Gasteiger partial charge on any atom is 0.355 e. The number of hydrogen-bond acceptors (Lipinski definition) is 7. The van der Waals surface area contributed by atoms with E-state index in [9.17, 15) is 9.59 Å². The highest BCUT2D eigenvalue weighted by molar-refractivity contribution is 6.03. The van der Waals surface area contributed by atoms with Gasteiger partial charge in [0.2, 0.25) is 0 Å². The molecule has 1 aromatic heterocycles. The van der Waals surface area contributed by atoms with Crippen LogP contribution in [-0.2, 0) is 23.8 Å². The van der Waals surface area contributed by atoms with Crippen LogP contribution < -0.4 is 4.90 Å². The van der Waals surface area contributed by atoms with Gasteiger partial charge in [-0.25, -0.2) is 14.6 Å². The molecule has 0 saturated heterocycles. The van der Waals surface area contributed by atoms with Crippen LogP contribution >= 0.6 is 0 Å². The van der Waals surface area contributed by atoms with Crippen molar-refractivity contribution in [3.05, 3.63) is 65.6 Å². The molecule has 4 rings (SSSR count). The Labute approximate surface area is 173 Å². The number of methoxy groups -OCH3 is 2. The molecule has 1 aliphatic rings. The zero-order chi connectivity index (χ0) is 21.3. The summed E-state index contributed by atoms with van der Waals surface area (Å²) in [5.41, 5.74) is 4.68. The third-order valence-electron chi connectivity index (χ3n) is 4.96. The van der Waals surface area contributed by atoms with E-state index in [1.54, 1.807) is 11.2 Å². The zero-order valence-electron chi connectivity index (χ0n) is 16.9. The van der Waals surface area contributed by atoms with Gasteiger partial charge in [-0.2, -0.15) is 0 Å². The smallest absolute Gasteiger partial charge is 0.355 e. The summed E-state index contributed by atoms with van der Waals surface area (Å²) in [4.78, 5) is 30.7. The van der Waals surface area contributed by atoms with E-state index in [1.165, 1.54) is 14.2 Å². The molecule has 154 valence electrons. The Kier molecular flexibility index (Phi) is 5.24. The molecule has 0 amide bonds. The van der Waals surface area contributed by atoms with Gasteiger partial charge in [0.1, 0.15) is 18.8 Å². The Hall–Kier alpha value is -3.65. The summed E-state index contributed by atoms with van der Waals surface area (Å²) in [5.74, 6) is -1.27. The Bertz CT molecular complexity index is 1160. The number of ether oxygens (including phenoxy) is 3. The number of aromatic nitrogens is 2. The number of fused-ring (bicyclic) bond motifs is 1. The number of anilines is 1. The first kappa shape index (κ1) is 19.7. The first-order valence-corrected chi connectivity index (χ1v) is 9.32. The van der Waals surface area contributed by atoms with E-state index in [2.05, 4.69) is 11.1 Å². The molecule has 3 aromatic rings. The summed E-state index contributed by atoms with van der Waals surface area (Å²) in [6.45, 7) is 2.10. The van der Waals surface area contributed by atoms with Gasteiger partial charge >= 0.3 is 11.9 Å². The maximum absolute atomic E-state index is 12.5. The number of carbonyl (C=O) groups is 2. The summed E-state index contributed by atoms with van der Waals surface area (Å²) >= 11 is 0. The van der Waals surface area contributed by atoms with Crippen LogP contribution in [0.1, 0.15) is 5.56 Å². The molecule has 0 fully saturated rings. The van der Waals surface area contributed by atoms with Crippen LogP contribution in [0.4, 0.5) is 5.69 Å². The number of rotatable bonds is 4. The molecule has 0 unspecified atom stereocenters. The van der Waals surface area contributed by atoms with Crippen molar-refractivity contribution in [3.8, 4) is 5.69 Å². The number of nitrogens with zero attached hydrogens (tertiary/aromatic N) is 3. The molecule has 0 atom stereocenters. The summed E-state index contributed by atoms with van der Waals surface area (Å²) < 4.78 is 17.2. The van der Waals surface area contributed by atoms with Crippen LogP contribution in [0.15, 0.2) is 60.1 Å². The lowest BCUT2D eigenvalue weighted by Crippen LogP contribution is -2.38. The largest absolute Gasteiger partial charge is 0.466 e. The molecule has 1 aliphatic heterocycles. The van der Waals surface area contributed by atoms with E-state index < -0.39 is 11.9 Å². The van der Waals surface area contributed by atoms with Crippen molar-refractivity contribution in [1.29, 1.82) is 0 Å². The Morgan fingerprint density at radius 1 is 1.03 bits per heavy atom. The lowest BCUT2D eigenvalue weighted by Gasteiger charge is -2.31. The quantitative estimate of drug-likeness (QED) is 0.615. The summed E-state index contributed by atoms with van der Waals surface area (Å²) in [6, 6.07) is 13.7. The van der Waals surface area contributed by atoms with Crippen molar-refractivity contribution >= 4 is 28.7 Å². The van der Waals surface area contributed by atoms with Crippen LogP contribution in [0.2, 0.25) is 0 Å². The van der Waals surface area contributed by atoms with Gasteiger partial charge in [0, 0.05) is 11.4 Å². The monoisotopic (exact) mass is 407 g/mol. The van der Waals surface area contributed by atoms with Gasteiger partial charge in [0.25, 0.3) is 0 Å². The highest BCUT2D eigenvalue weighted by Gasteiger charge is 2.32. The number of hydrogen-bond donors (Lipinski definition) is 0. The maximum atomic E-state index is 12.5. The average molecular weight is 407 g/mol. The van der Waals surface area contributed by atoms with E-state index >= 15 is 0 Å². The molecular formula is C22H21N3O5. The van der Waals surface area contributed by atoms with Crippen molar-refractivity contribution in [2.24, 2.45) is 0 Å². The highest BCUT2D eigenvalue weighted by atomic mass is 16.5. The molecule has 2 aromatic carbocycles. The Balaban J connectivity index is 1.79. The fraction of sp³-hybridized carbons (Fsp3) is 0.227. The number of imidazole rings is 1. The fourth-order valence-corrected chi connectivity index (χ4v) is 3.50. The molecule has 0 radical (unpaired) electrons. The Morgan fingerprint density at radius 2 is 1.83 bits per heavy atom. The van der Waals surface area contributed by atoms with Crippen molar-refractivity contribution in [2.75, 3.05) is 32.5 Å². The molecule has 8 heteroatoms. The highest BCUT2D eigenvalue weighted by Crippen LogP contribution is 2.30. The third-order valence-corrected chi connectivity index (χ3v) is 4.96. The first-order chi connectivity index (χ1) is 14.5. The molecule has 2 heterocycles. The Morgan fingerprint density at radius 3 is 2.57 bits per heavy atom. The SMILES string of the molecule is COC(=O)C1=C(C(=O)OC)N(c2ccc3c(c2)ncn3-c2cccc(C)c2)COC1. The van der Waals surface area contributed by atoms with Crippen LogP contribution in [0, 0.1) is 6.92 Å². The second-order valence-electron chi connectivity index (χ2n) is 6.84.